The molecule has 3 rings (SSSR count). The van der Waals surface area contributed by atoms with Gasteiger partial charge in [0.15, 0.2) is 11.5 Å². The van der Waals surface area contributed by atoms with Crippen molar-refractivity contribution < 1.29 is 4.74 Å². The van der Waals surface area contributed by atoms with Gasteiger partial charge < -0.3 is 10.5 Å². The number of hydrogen-bond donors (Lipinski definition) is 1. The molecule has 1 unspecified atom stereocenters. The molecule has 0 spiro atoms. The molecule has 6 nitrogen and oxygen atoms in total. The third-order valence-electron chi connectivity index (χ3n) is 3.14. The van der Waals surface area contributed by atoms with Crippen LogP contribution in [0.25, 0.3) is 11.2 Å². The molecular formula is C11H15N5OS. The first-order valence-electron chi connectivity index (χ1n) is 5.87. The maximum atomic E-state index is 6.00. The molecule has 0 amide bonds. The summed E-state index contributed by atoms with van der Waals surface area (Å²) in [6.07, 6.45) is 7.69. The summed E-state index contributed by atoms with van der Waals surface area (Å²) in [5, 5.41) is 0. The zero-order chi connectivity index (χ0) is 12.5. The highest BCUT2D eigenvalue weighted by Gasteiger charge is 2.27. The van der Waals surface area contributed by atoms with Crippen molar-refractivity contribution in [1.82, 2.24) is 19.5 Å². The third-order valence-corrected chi connectivity index (χ3v) is 3.84. The van der Waals surface area contributed by atoms with Gasteiger partial charge in [-0.15, -0.1) is 0 Å². The Hall–Kier alpha value is -1.34. The minimum Gasteiger partial charge on any atom is -0.382 e. The van der Waals surface area contributed by atoms with E-state index < -0.39 is 0 Å². The van der Waals surface area contributed by atoms with Gasteiger partial charge in [0.05, 0.1) is 12.4 Å². The van der Waals surface area contributed by atoms with Gasteiger partial charge in [0.2, 0.25) is 0 Å². The molecule has 1 aliphatic rings. The van der Waals surface area contributed by atoms with E-state index in [-0.39, 0.29) is 6.23 Å². The molecule has 2 aromatic rings. The lowest BCUT2D eigenvalue weighted by molar-refractivity contribution is 0.0154. The SMILES string of the molecule is CSC[C@@H]1CCC(n2cnc3c(N)ncnc32)O1. The van der Waals surface area contributed by atoms with Crippen molar-refractivity contribution >= 4 is 28.7 Å². The lowest BCUT2D eigenvalue weighted by Crippen LogP contribution is -2.13. The first-order chi connectivity index (χ1) is 8.79. The molecular weight excluding hydrogens is 250 g/mol. The first kappa shape index (κ1) is 11.7. The molecule has 1 fully saturated rings. The van der Waals surface area contributed by atoms with E-state index >= 15 is 0 Å². The zero-order valence-electron chi connectivity index (χ0n) is 10.1. The van der Waals surface area contributed by atoms with E-state index in [4.69, 9.17) is 10.5 Å². The number of thioether (sulfide) groups is 1. The minimum atomic E-state index is 0.0152. The lowest BCUT2D eigenvalue weighted by atomic mass is 10.2. The van der Waals surface area contributed by atoms with Gasteiger partial charge in [-0.1, -0.05) is 0 Å². The van der Waals surface area contributed by atoms with Gasteiger partial charge in [-0.2, -0.15) is 11.8 Å². The number of nitrogens with zero attached hydrogens (tertiary/aromatic N) is 4. The summed E-state index contributed by atoms with van der Waals surface area (Å²) >= 11 is 1.81. The van der Waals surface area contributed by atoms with Crippen LogP contribution in [0.1, 0.15) is 19.1 Å². The molecule has 0 radical (unpaired) electrons. The van der Waals surface area contributed by atoms with Gasteiger partial charge >= 0.3 is 0 Å². The maximum absolute atomic E-state index is 6.00. The molecule has 1 aliphatic heterocycles. The van der Waals surface area contributed by atoms with E-state index in [0.717, 1.165) is 24.2 Å². The van der Waals surface area contributed by atoms with E-state index in [0.29, 0.717) is 17.4 Å². The van der Waals surface area contributed by atoms with Crippen LogP contribution in [0.4, 0.5) is 5.82 Å². The largest absolute Gasteiger partial charge is 0.382 e. The average molecular weight is 265 g/mol. The van der Waals surface area contributed by atoms with Crippen LogP contribution in [0.2, 0.25) is 0 Å². The second-order valence-electron chi connectivity index (χ2n) is 4.33. The molecule has 18 heavy (non-hydrogen) atoms. The summed E-state index contributed by atoms with van der Waals surface area (Å²) < 4.78 is 7.95. The molecule has 0 aromatic carbocycles. The molecule has 96 valence electrons. The van der Waals surface area contributed by atoms with Gasteiger partial charge in [0.1, 0.15) is 18.1 Å². The number of nitrogens with two attached hydrogens (primary N) is 1. The van der Waals surface area contributed by atoms with Crippen LogP contribution in [0, 0.1) is 0 Å². The number of rotatable bonds is 3. The van der Waals surface area contributed by atoms with E-state index in [1.807, 2.05) is 16.3 Å². The summed E-state index contributed by atoms with van der Waals surface area (Å²) in [6, 6.07) is 0. The van der Waals surface area contributed by atoms with Crippen molar-refractivity contribution in [3.05, 3.63) is 12.7 Å². The molecule has 2 aromatic heterocycles. The second-order valence-corrected chi connectivity index (χ2v) is 5.24. The number of ether oxygens (including phenoxy) is 1. The van der Waals surface area contributed by atoms with Crippen LogP contribution >= 0.6 is 11.8 Å². The Morgan fingerprint density at radius 3 is 3.17 bits per heavy atom. The Balaban J connectivity index is 1.89. The molecule has 2 N–H and O–H groups in total. The second kappa shape index (κ2) is 4.74. The highest BCUT2D eigenvalue weighted by atomic mass is 32.2. The Bertz CT molecular complexity index is 557. The van der Waals surface area contributed by atoms with Gasteiger partial charge in [-0.3, -0.25) is 4.57 Å². The molecule has 0 bridgehead atoms. The fraction of sp³-hybridized carbons (Fsp3) is 0.545. The highest BCUT2D eigenvalue weighted by Crippen LogP contribution is 2.31. The minimum absolute atomic E-state index is 0.0152. The van der Waals surface area contributed by atoms with E-state index in [2.05, 4.69) is 21.2 Å². The molecule has 7 heteroatoms. The molecule has 0 aliphatic carbocycles. The van der Waals surface area contributed by atoms with E-state index in [1.165, 1.54) is 6.33 Å². The van der Waals surface area contributed by atoms with Crippen LogP contribution in [0.3, 0.4) is 0 Å². The monoisotopic (exact) mass is 265 g/mol. The van der Waals surface area contributed by atoms with E-state index in [9.17, 15) is 0 Å². The smallest absolute Gasteiger partial charge is 0.167 e. The molecule has 2 atom stereocenters. The standard InChI is InChI=1S/C11H15N5OS/c1-18-4-7-2-3-8(17-7)16-6-15-9-10(12)13-5-14-11(9)16/h5-8H,2-4H2,1H3,(H2,12,13,14)/t7-,8?/m0/s1. The van der Waals surface area contributed by atoms with Crippen molar-refractivity contribution in [2.24, 2.45) is 0 Å². The van der Waals surface area contributed by atoms with E-state index in [1.54, 1.807) is 6.33 Å². The summed E-state index contributed by atoms with van der Waals surface area (Å²) in [6.45, 7) is 0. The average Bonchev–Trinajstić information content (AvgIpc) is 2.96. The Morgan fingerprint density at radius 2 is 2.33 bits per heavy atom. The number of anilines is 1. The Kier molecular flexibility index (Phi) is 3.09. The topological polar surface area (TPSA) is 78.9 Å². The zero-order valence-corrected chi connectivity index (χ0v) is 10.9. The van der Waals surface area contributed by atoms with Gasteiger partial charge in [0, 0.05) is 5.75 Å². The molecule has 3 heterocycles. The number of imidazole rings is 1. The Labute approximate surface area is 109 Å². The number of hydrogen-bond acceptors (Lipinski definition) is 6. The molecule has 1 saturated heterocycles. The number of nitrogen functional groups attached to an aromatic ring is 1. The molecule has 0 saturated carbocycles. The van der Waals surface area contributed by atoms with Crippen LogP contribution < -0.4 is 5.73 Å². The Morgan fingerprint density at radius 1 is 1.44 bits per heavy atom. The van der Waals surface area contributed by atoms with Crippen molar-refractivity contribution in [3.8, 4) is 0 Å². The summed E-state index contributed by atoms with van der Waals surface area (Å²) in [7, 11) is 0. The summed E-state index contributed by atoms with van der Waals surface area (Å²) in [4.78, 5) is 12.4. The fourth-order valence-electron chi connectivity index (χ4n) is 2.28. The maximum Gasteiger partial charge on any atom is 0.167 e. The van der Waals surface area contributed by atoms with Crippen LogP contribution in [0.15, 0.2) is 12.7 Å². The predicted octanol–water partition coefficient (Wildman–Crippen LogP) is 1.45. The summed E-state index contributed by atoms with van der Waals surface area (Å²) in [5.41, 5.74) is 7.17. The predicted molar refractivity (Wildman–Crippen MR) is 71.3 cm³/mol. The van der Waals surface area contributed by atoms with Crippen molar-refractivity contribution in [2.45, 2.75) is 25.2 Å². The number of aromatic nitrogens is 4. The van der Waals surface area contributed by atoms with Gasteiger partial charge in [-0.05, 0) is 19.1 Å². The quantitative estimate of drug-likeness (QED) is 0.905. The first-order valence-corrected chi connectivity index (χ1v) is 7.26. The normalized spacial score (nSPS) is 23.8. The van der Waals surface area contributed by atoms with Crippen molar-refractivity contribution in [3.63, 3.8) is 0 Å². The summed E-state index contributed by atoms with van der Waals surface area (Å²) in [5.74, 6) is 1.44. The van der Waals surface area contributed by atoms with Gasteiger partial charge in [0.25, 0.3) is 0 Å². The number of fused-ring (bicyclic) bond motifs is 1. The van der Waals surface area contributed by atoms with Crippen LogP contribution in [0.5, 0.6) is 0 Å². The van der Waals surface area contributed by atoms with Crippen molar-refractivity contribution in [2.75, 3.05) is 17.7 Å². The highest BCUT2D eigenvalue weighted by molar-refractivity contribution is 7.98. The van der Waals surface area contributed by atoms with Crippen LogP contribution in [-0.2, 0) is 4.74 Å². The lowest BCUT2D eigenvalue weighted by Gasteiger charge is -2.14. The third kappa shape index (κ3) is 1.93. The van der Waals surface area contributed by atoms with Crippen molar-refractivity contribution in [1.29, 1.82) is 0 Å². The fourth-order valence-corrected chi connectivity index (χ4v) is 2.90. The van der Waals surface area contributed by atoms with Gasteiger partial charge in [-0.25, -0.2) is 15.0 Å². The van der Waals surface area contributed by atoms with Crippen LogP contribution in [-0.4, -0.2) is 37.6 Å².